The molecule has 3 aliphatic heterocycles. The van der Waals surface area contributed by atoms with Crippen LogP contribution in [0.1, 0.15) is 106 Å². The van der Waals surface area contributed by atoms with Gasteiger partial charge in [0.05, 0.1) is 48.4 Å². The number of esters is 2. The molecule has 0 fully saturated rings. The van der Waals surface area contributed by atoms with Crippen molar-refractivity contribution in [2.45, 2.75) is 103 Å². The van der Waals surface area contributed by atoms with Crippen LogP contribution < -0.4 is 32.1 Å². The van der Waals surface area contributed by atoms with E-state index in [9.17, 15) is 48.3 Å². The molecule has 0 saturated heterocycles. The Morgan fingerprint density at radius 2 is 1.66 bits per heavy atom. The van der Waals surface area contributed by atoms with Gasteiger partial charge in [-0.1, -0.05) is 55.8 Å². The number of amides is 6. The topological polar surface area (TPSA) is 283 Å². The second kappa shape index (κ2) is 24.7. The van der Waals surface area contributed by atoms with Crippen LogP contribution in [0.5, 0.6) is 0 Å². The fourth-order valence-electron chi connectivity index (χ4n) is 10.5. The predicted octanol–water partition coefficient (Wildman–Crippen LogP) is 3.00. The summed E-state index contributed by atoms with van der Waals surface area (Å²) in [5.41, 5.74) is 3.70. The first kappa shape index (κ1) is 56.3. The molecule has 6 amide bonds. The van der Waals surface area contributed by atoms with Gasteiger partial charge in [-0.2, -0.15) is 0 Å². The molecule has 5 aromatic rings. The first-order valence-electron chi connectivity index (χ1n) is 26.6. The van der Waals surface area contributed by atoms with Gasteiger partial charge in [0.1, 0.15) is 25.0 Å². The smallest absolute Gasteiger partial charge is 0.343 e. The number of carbonyl (C=O) groups is 8. The highest BCUT2D eigenvalue weighted by Gasteiger charge is 2.46. The molecule has 418 valence electrons. The Balaban J connectivity index is 0.723. The number of carbonyl (C=O) groups excluding carboxylic acids is 8. The standard InChI is InChI=1S/C58H61FN8O13/c1-3-58(77)40-25-45-53-38(28-67(45)56(75)39(40)30-80-57(58)76)52-42(18-17-37-33(2)41(59)26-43(64-53)51(37)52)65-54(73)36-15-13-35(14-16-36)29-78-32-60-21-22-61-55(74)44(24-34-10-6-4-7-11-34)63-47(69)31-79-50(72)27-62-46(68)12-8-5-9-23-66-48(70)19-20-49(66)71/h4,6-7,10-11,13-16,19-20,25-26,42,44,60,77H,3,5,8-9,12,17-18,21-24,27-32H2,1-2H3,(H,61,74)(H,62,68)(H,63,69)(H,65,73)/t42-,44-,58-/m0/s1. The average Bonchev–Trinajstić information content (AvgIpc) is 4.08. The van der Waals surface area contributed by atoms with Crippen molar-refractivity contribution in [3.05, 3.63) is 145 Å². The second-order valence-electron chi connectivity index (χ2n) is 20.1. The minimum atomic E-state index is -2.02. The summed E-state index contributed by atoms with van der Waals surface area (Å²) in [5.74, 6) is -4.77. The molecule has 5 heterocycles. The number of aromatic nitrogens is 2. The number of ether oxygens (including phenoxy) is 3. The van der Waals surface area contributed by atoms with Gasteiger partial charge >= 0.3 is 11.9 Å². The minimum Gasteiger partial charge on any atom is -0.458 e. The van der Waals surface area contributed by atoms with Gasteiger partial charge in [0.15, 0.2) is 12.2 Å². The lowest BCUT2D eigenvalue weighted by atomic mass is 9.81. The highest BCUT2D eigenvalue weighted by molar-refractivity contribution is 6.12. The molecule has 0 bridgehead atoms. The van der Waals surface area contributed by atoms with Crippen LogP contribution in [0.4, 0.5) is 4.39 Å². The van der Waals surface area contributed by atoms with Gasteiger partial charge in [-0.15, -0.1) is 0 Å². The maximum absolute atomic E-state index is 15.4. The van der Waals surface area contributed by atoms with Crippen LogP contribution in [0.3, 0.4) is 0 Å². The summed E-state index contributed by atoms with van der Waals surface area (Å²) in [6.45, 7) is 3.10. The van der Waals surface area contributed by atoms with E-state index in [0.29, 0.717) is 72.2 Å². The third-order valence-corrected chi connectivity index (χ3v) is 14.9. The van der Waals surface area contributed by atoms with Gasteiger partial charge in [0, 0.05) is 72.8 Å². The summed E-state index contributed by atoms with van der Waals surface area (Å²) in [6.07, 6.45) is 5.18. The van der Waals surface area contributed by atoms with E-state index >= 15 is 4.39 Å². The van der Waals surface area contributed by atoms with E-state index in [1.807, 2.05) is 18.2 Å². The van der Waals surface area contributed by atoms with E-state index < -0.39 is 71.9 Å². The van der Waals surface area contributed by atoms with Gasteiger partial charge in [0.25, 0.3) is 29.2 Å². The molecule has 80 heavy (non-hydrogen) atoms. The number of unbranched alkanes of at least 4 members (excludes halogenated alkanes) is 2. The third kappa shape index (κ3) is 12.2. The van der Waals surface area contributed by atoms with Crippen LogP contribution in [-0.2, 0) is 86.0 Å². The first-order valence-corrected chi connectivity index (χ1v) is 26.6. The monoisotopic (exact) mass is 1100 g/mol. The van der Waals surface area contributed by atoms with Crippen LogP contribution >= 0.6 is 0 Å². The molecule has 4 aliphatic rings. The number of rotatable bonds is 24. The van der Waals surface area contributed by atoms with Gasteiger partial charge in [-0.3, -0.25) is 48.6 Å². The molecule has 2 aromatic heterocycles. The van der Waals surface area contributed by atoms with Gasteiger partial charge in [0.2, 0.25) is 11.8 Å². The molecule has 0 saturated carbocycles. The van der Waals surface area contributed by atoms with Crippen LogP contribution in [0, 0.1) is 12.7 Å². The number of hydrogen-bond donors (Lipinski definition) is 6. The normalized spacial score (nSPS) is 17.1. The maximum Gasteiger partial charge on any atom is 0.343 e. The Hall–Kier alpha value is -8.47. The molecule has 3 aromatic carbocycles. The van der Waals surface area contributed by atoms with Gasteiger partial charge < -0.3 is 45.2 Å². The van der Waals surface area contributed by atoms with Crippen molar-refractivity contribution >= 4 is 58.3 Å². The summed E-state index contributed by atoms with van der Waals surface area (Å²) in [5, 5.41) is 26.3. The molecule has 0 spiro atoms. The summed E-state index contributed by atoms with van der Waals surface area (Å²) in [4.78, 5) is 121. The highest BCUT2D eigenvalue weighted by atomic mass is 19.1. The number of nitrogens with zero attached hydrogens (tertiary/aromatic N) is 3. The van der Waals surface area contributed by atoms with E-state index in [1.54, 1.807) is 56.3 Å². The van der Waals surface area contributed by atoms with Crippen LogP contribution in [0.2, 0.25) is 0 Å². The van der Waals surface area contributed by atoms with E-state index in [1.165, 1.54) is 22.8 Å². The number of hydrogen-bond acceptors (Lipinski definition) is 15. The Bertz CT molecular complexity index is 3370. The Morgan fingerprint density at radius 1 is 0.900 bits per heavy atom. The molecule has 3 atom stereocenters. The zero-order valence-electron chi connectivity index (χ0n) is 44.2. The number of aryl methyl sites for hydroxylation is 1. The SMILES string of the molecule is CC[C@@]1(O)C(=O)OCc2c1cc1n(c2=O)Cc2c-1nc1cc(F)c(C)c3c1c2[C@@H](NC(=O)c1ccc(COCNCCNC(=O)[C@H](Cc2ccccc2)NC(=O)COC(=O)CNC(=O)CCCCCN2C(=O)C=CC2=O)cc1)CC3. The lowest BCUT2D eigenvalue weighted by molar-refractivity contribution is -0.172. The Morgan fingerprint density at radius 3 is 2.41 bits per heavy atom. The van der Waals surface area contributed by atoms with Crippen molar-refractivity contribution < 1.29 is 62.1 Å². The lowest BCUT2D eigenvalue weighted by Crippen LogP contribution is -2.50. The van der Waals surface area contributed by atoms with Crippen LogP contribution in [0.15, 0.2) is 83.7 Å². The van der Waals surface area contributed by atoms with Crippen molar-refractivity contribution in [1.29, 1.82) is 0 Å². The number of benzene rings is 3. The molecule has 6 N–H and O–H groups in total. The summed E-state index contributed by atoms with van der Waals surface area (Å²) in [7, 11) is 0. The zero-order chi connectivity index (χ0) is 56.7. The Kier molecular flexibility index (Phi) is 17.4. The maximum atomic E-state index is 15.4. The van der Waals surface area contributed by atoms with E-state index in [-0.39, 0.29) is 87.7 Å². The van der Waals surface area contributed by atoms with Gasteiger partial charge in [-0.25, -0.2) is 14.2 Å². The van der Waals surface area contributed by atoms with E-state index in [2.05, 4.69) is 26.6 Å². The molecular weight excluding hydrogens is 1040 g/mol. The van der Waals surface area contributed by atoms with E-state index in [4.69, 9.17) is 19.2 Å². The number of pyridine rings is 2. The molecule has 0 unspecified atom stereocenters. The fourth-order valence-corrected chi connectivity index (χ4v) is 10.5. The molecule has 9 rings (SSSR count). The summed E-state index contributed by atoms with van der Waals surface area (Å²) in [6, 6.07) is 17.4. The minimum absolute atomic E-state index is 0.0218. The van der Waals surface area contributed by atoms with Crippen molar-refractivity contribution in [3.8, 4) is 11.4 Å². The van der Waals surface area contributed by atoms with Crippen LogP contribution in [0.25, 0.3) is 22.3 Å². The van der Waals surface area contributed by atoms with Crippen molar-refractivity contribution in [1.82, 2.24) is 41.0 Å². The number of imide groups is 1. The zero-order valence-corrected chi connectivity index (χ0v) is 44.2. The largest absolute Gasteiger partial charge is 0.458 e. The van der Waals surface area contributed by atoms with Crippen molar-refractivity contribution in [2.24, 2.45) is 0 Å². The van der Waals surface area contributed by atoms with E-state index in [0.717, 1.165) is 32.5 Å². The number of fused-ring (bicyclic) bond motifs is 5. The third-order valence-electron chi connectivity index (χ3n) is 14.9. The van der Waals surface area contributed by atoms with Crippen LogP contribution in [-0.4, -0.2) is 112 Å². The second-order valence-corrected chi connectivity index (χ2v) is 20.1. The molecule has 22 heteroatoms. The number of aliphatic hydroxyl groups is 1. The fraction of sp³-hybridized carbons (Fsp3) is 0.379. The molecule has 1 aliphatic carbocycles. The van der Waals surface area contributed by atoms with Crippen molar-refractivity contribution in [3.63, 3.8) is 0 Å². The number of nitrogens with one attached hydrogen (secondary N) is 5. The quantitative estimate of drug-likeness (QED) is 0.0220. The number of halogens is 1. The first-order chi connectivity index (χ1) is 38.5. The predicted molar refractivity (Wildman–Crippen MR) is 285 cm³/mol. The summed E-state index contributed by atoms with van der Waals surface area (Å²) < 4.78 is 33.0. The molecule has 0 radical (unpaired) electrons. The highest BCUT2D eigenvalue weighted by Crippen LogP contribution is 2.46. The summed E-state index contributed by atoms with van der Waals surface area (Å²) >= 11 is 0. The molecule has 21 nitrogen and oxygen atoms in total. The number of cyclic esters (lactones) is 1. The lowest BCUT2D eigenvalue weighted by Gasteiger charge is -2.31. The van der Waals surface area contributed by atoms with Gasteiger partial charge in [-0.05, 0) is 85.0 Å². The Labute approximate surface area is 458 Å². The van der Waals surface area contributed by atoms with Crippen molar-refractivity contribution in [2.75, 3.05) is 39.5 Å². The average molecular weight is 1100 g/mol. The molecular formula is C58H61FN8O13.